The van der Waals surface area contributed by atoms with E-state index < -0.39 is 52.0 Å². The number of nitrogens with zero attached hydrogens (tertiary/aromatic N) is 1. The summed E-state index contributed by atoms with van der Waals surface area (Å²) in [4.78, 5) is 40.2. The number of phenolic OH excluding ortho intramolecular Hbond substituents is 3. The summed E-state index contributed by atoms with van der Waals surface area (Å²) >= 11 is 5.31. The van der Waals surface area contributed by atoms with Crippen LogP contribution in [-0.4, -0.2) is 61.0 Å². The second kappa shape index (κ2) is 11.0. The number of aliphatic hydroxyl groups is 1. The number of allylic oxidation sites excluding steroid dienone is 3. The van der Waals surface area contributed by atoms with Crippen LogP contribution in [0.2, 0.25) is 0 Å². The van der Waals surface area contributed by atoms with Crippen LogP contribution in [0, 0.1) is 12.8 Å². The van der Waals surface area contributed by atoms with E-state index in [1.165, 1.54) is 14.0 Å². The number of carbonyl (C=O) groups excluding carboxylic acids is 2. The van der Waals surface area contributed by atoms with Crippen molar-refractivity contribution >= 4 is 51.8 Å². The Labute approximate surface area is 267 Å². The van der Waals surface area contributed by atoms with Gasteiger partial charge in [0.1, 0.15) is 28.8 Å². The third-order valence-corrected chi connectivity index (χ3v) is 8.75. The van der Waals surface area contributed by atoms with Gasteiger partial charge in [0.2, 0.25) is 5.78 Å². The van der Waals surface area contributed by atoms with Gasteiger partial charge in [0, 0.05) is 33.5 Å². The zero-order valence-electron chi connectivity index (χ0n) is 24.7. The molecule has 12 nitrogen and oxygen atoms in total. The van der Waals surface area contributed by atoms with E-state index in [-0.39, 0.29) is 68.4 Å². The number of nitrogens with one attached hydrogen (secondary N) is 2. The number of hydrogen-bond acceptors (Lipinski definition) is 10. The number of para-hydroxylation sites is 1. The molecule has 0 amide bonds. The molecule has 0 saturated heterocycles. The Morgan fingerprint density at radius 3 is 2.30 bits per heavy atom. The van der Waals surface area contributed by atoms with Crippen molar-refractivity contribution in [2.45, 2.75) is 26.7 Å². The number of rotatable bonds is 4. The summed E-state index contributed by atoms with van der Waals surface area (Å²) in [6.07, 6.45) is 0.395. The monoisotopic (exact) mass is 641 g/mol. The molecule has 0 fully saturated rings. The summed E-state index contributed by atoms with van der Waals surface area (Å²) in [5.41, 5.74) is 2.94. The van der Waals surface area contributed by atoms with E-state index in [0.29, 0.717) is 16.8 Å². The first-order chi connectivity index (χ1) is 21.9. The molecule has 0 radical (unpaired) electrons. The number of fused-ring (bicyclic) bond motifs is 5. The number of aliphatic hydroxyl groups excluding tert-OH is 1. The highest BCUT2D eigenvalue weighted by molar-refractivity contribution is 7.80. The van der Waals surface area contributed by atoms with Gasteiger partial charge in [-0.05, 0) is 68.3 Å². The molecule has 0 heterocycles. The fourth-order valence-electron chi connectivity index (χ4n) is 6.36. The number of hydrogen-bond donors (Lipinski definition) is 7. The fraction of sp³-hybridized carbons (Fsp3) is 0.182. The van der Waals surface area contributed by atoms with Crippen LogP contribution in [0.1, 0.15) is 61.9 Å². The molecule has 0 aromatic heterocycles. The van der Waals surface area contributed by atoms with Crippen molar-refractivity contribution in [3.05, 3.63) is 92.2 Å². The predicted molar refractivity (Wildman–Crippen MR) is 171 cm³/mol. The molecule has 46 heavy (non-hydrogen) atoms. The first-order valence-corrected chi connectivity index (χ1v) is 14.5. The molecule has 3 aliphatic rings. The number of carboxylic acid groups (broad SMARTS) is 1. The van der Waals surface area contributed by atoms with E-state index in [4.69, 9.17) is 17.0 Å². The normalized spacial score (nSPS) is 17.6. The summed E-state index contributed by atoms with van der Waals surface area (Å²) in [5.74, 6) is -7.18. The summed E-state index contributed by atoms with van der Waals surface area (Å²) < 4.78 is 5.64. The fourth-order valence-corrected chi connectivity index (χ4v) is 6.52. The maximum absolute atomic E-state index is 13.8. The summed E-state index contributed by atoms with van der Waals surface area (Å²) in [6.45, 7) is 3.01. The zero-order valence-corrected chi connectivity index (χ0v) is 25.5. The molecule has 0 bridgehead atoms. The Bertz CT molecular complexity index is 2030. The molecule has 1 unspecified atom stereocenters. The van der Waals surface area contributed by atoms with Crippen molar-refractivity contribution in [3.63, 3.8) is 0 Å². The van der Waals surface area contributed by atoms with Gasteiger partial charge in [-0.3, -0.25) is 19.8 Å². The smallest absolute Gasteiger partial charge is 0.320 e. The molecule has 1 atom stereocenters. The molecule has 0 saturated carbocycles. The van der Waals surface area contributed by atoms with Gasteiger partial charge in [-0.15, -0.1) is 0 Å². The minimum absolute atomic E-state index is 0.00434. The van der Waals surface area contributed by atoms with Gasteiger partial charge in [-0.25, -0.2) is 0 Å². The third kappa shape index (κ3) is 4.38. The van der Waals surface area contributed by atoms with Crippen LogP contribution in [0.3, 0.4) is 0 Å². The number of anilines is 1. The number of carboxylic acids is 1. The lowest BCUT2D eigenvalue weighted by molar-refractivity contribution is -0.139. The predicted octanol–water partition coefficient (Wildman–Crippen LogP) is 4.48. The minimum atomic E-state index is -1.69. The van der Waals surface area contributed by atoms with Crippen molar-refractivity contribution in [1.29, 1.82) is 0 Å². The van der Waals surface area contributed by atoms with Crippen LogP contribution in [-0.2, 0) is 11.2 Å². The topological polar surface area (TPSA) is 198 Å². The first kappa shape index (κ1) is 30.3. The van der Waals surface area contributed by atoms with Crippen LogP contribution in [0.5, 0.6) is 23.0 Å². The Morgan fingerprint density at radius 1 is 0.957 bits per heavy atom. The van der Waals surface area contributed by atoms with Gasteiger partial charge in [0.25, 0.3) is 0 Å². The lowest BCUT2D eigenvalue weighted by Crippen LogP contribution is -2.35. The van der Waals surface area contributed by atoms with Gasteiger partial charge < -0.3 is 35.6 Å². The average Bonchev–Trinajstić information content (AvgIpc) is 3.02. The molecule has 0 spiro atoms. The lowest BCUT2D eigenvalue weighted by atomic mass is 9.70. The Morgan fingerprint density at radius 2 is 1.65 bits per heavy atom. The Hall–Kier alpha value is -5.69. The molecule has 6 rings (SSSR count). The standard InChI is InChI=1S/C33H27N3O9S/c1-12-15-9-10-16-20(19(15)29(41)24(32(43)44)25(12)35-36-33(46)34-14-7-5-4-6-8-14)28(40)22-23(31(16)45-3)30(42)21-17(27(22)39)11-18(37)13(2)26(21)38/h4-8,11,24,37-38,40-41H,9-10H2,1-3H3,(H,43,44)(H2,34,36,46). The molecule has 0 aliphatic heterocycles. The third-order valence-electron chi connectivity index (χ3n) is 8.56. The van der Waals surface area contributed by atoms with Crippen molar-refractivity contribution in [1.82, 2.24) is 5.43 Å². The molecule has 234 valence electrons. The zero-order chi connectivity index (χ0) is 33.2. The number of aliphatic carboxylic acids is 1. The first-order valence-electron chi connectivity index (χ1n) is 14.1. The number of carbonyl (C=O) groups is 3. The molecule has 3 aromatic carbocycles. The van der Waals surface area contributed by atoms with Crippen LogP contribution in [0.15, 0.2) is 58.4 Å². The van der Waals surface area contributed by atoms with Gasteiger partial charge in [-0.1, -0.05) is 18.2 Å². The Kier molecular flexibility index (Phi) is 7.28. The van der Waals surface area contributed by atoms with Crippen LogP contribution < -0.4 is 15.5 Å². The largest absolute Gasteiger partial charge is 0.510 e. The number of thiocarbonyl (C=S) groups is 1. The molecule has 3 aliphatic carbocycles. The highest BCUT2D eigenvalue weighted by atomic mass is 32.1. The number of ketones is 2. The highest BCUT2D eigenvalue weighted by Crippen LogP contribution is 2.54. The maximum Gasteiger partial charge on any atom is 0.320 e. The Balaban J connectivity index is 1.52. The average molecular weight is 642 g/mol. The van der Waals surface area contributed by atoms with E-state index in [9.17, 15) is 39.9 Å². The lowest BCUT2D eigenvalue weighted by Gasteiger charge is -2.34. The van der Waals surface area contributed by atoms with Gasteiger partial charge in [0.15, 0.2) is 16.8 Å². The molecular weight excluding hydrogens is 614 g/mol. The number of methoxy groups -OCH3 is 1. The van der Waals surface area contributed by atoms with Gasteiger partial charge >= 0.3 is 5.97 Å². The van der Waals surface area contributed by atoms with Crippen LogP contribution in [0.4, 0.5) is 5.69 Å². The number of aromatic hydroxyl groups is 3. The SMILES string of the molecule is COc1c2c(c(O)c3c1C(=O)c1c(cc(O)c(C)c1O)C3=O)C1=C(O)C(C(=O)O)C(=NNC(=S)Nc3ccccc3)C(C)=C1CC2. The number of ether oxygens (including phenoxy) is 1. The van der Waals surface area contributed by atoms with Crippen molar-refractivity contribution in [2.75, 3.05) is 12.4 Å². The van der Waals surface area contributed by atoms with E-state index in [1.54, 1.807) is 31.2 Å². The molecule has 7 N–H and O–H groups in total. The number of hydrazone groups is 1. The highest BCUT2D eigenvalue weighted by Gasteiger charge is 2.46. The van der Waals surface area contributed by atoms with Crippen molar-refractivity contribution in [2.24, 2.45) is 11.0 Å². The van der Waals surface area contributed by atoms with Crippen molar-refractivity contribution < 1.29 is 44.7 Å². The van der Waals surface area contributed by atoms with Crippen molar-refractivity contribution in [3.8, 4) is 23.0 Å². The van der Waals surface area contributed by atoms with Gasteiger partial charge in [0.05, 0.1) is 29.5 Å². The summed E-state index contributed by atoms with van der Waals surface area (Å²) in [6, 6.07) is 10.0. The van der Waals surface area contributed by atoms with E-state index in [1.807, 2.05) is 6.07 Å². The quantitative estimate of drug-likeness (QED) is 0.122. The summed E-state index contributed by atoms with van der Waals surface area (Å²) in [5, 5.41) is 61.8. The van der Waals surface area contributed by atoms with E-state index >= 15 is 0 Å². The van der Waals surface area contributed by atoms with Crippen LogP contribution in [0.25, 0.3) is 5.57 Å². The second-order valence-electron chi connectivity index (χ2n) is 11.0. The van der Waals surface area contributed by atoms with E-state index in [0.717, 1.165) is 6.07 Å². The number of phenols is 3. The molecular formula is C33H27N3O9S. The number of benzene rings is 3. The minimum Gasteiger partial charge on any atom is -0.510 e. The second-order valence-corrected chi connectivity index (χ2v) is 11.4. The molecule has 3 aromatic rings. The van der Waals surface area contributed by atoms with Crippen LogP contribution >= 0.6 is 12.2 Å². The van der Waals surface area contributed by atoms with E-state index in [2.05, 4.69) is 15.8 Å². The molecule has 13 heteroatoms. The maximum atomic E-state index is 13.8. The summed E-state index contributed by atoms with van der Waals surface area (Å²) in [7, 11) is 1.27. The van der Waals surface area contributed by atoms with Gasteiger partial charge in [-0.2, -0.15) is 5.10 Å².